The minimum absolute atomic E-state index is 0.423. The van der Waals surface area contributed by atoms with Gasteiger partial charge in [-0.3, -0.25) is 4.79 Å². The molecule has 0 aliphatic heterocycles. The molecule has 0 amide bonds. The summed E-state index contributed by atoms with van der Waals surface area (Å²) in [5.41, 5.74) is 2.87. The van der Waals surface area contributed by atoms with Gasteiger partial charge in [0.15, 0.2) is 17.8 Å². The highest BCUT2D eigenvalue weighted by Crippen LogP contribution is 2.36. The van der Waals surface area contributed by atoms with E-state index in [1.807, 2.05) is 54.6 Å². The second kappa shape index (κ2) is 9.11. The van der Waals surface area contributed by atoms with Gasteiger partial charge in [0.25, 0.3) is 0 Å². The maximum absolute atomic E-state index is 11.6. The van der Waals surface area contributed by atoms with Gasteiger partial charge in [-0.25, -0.2) is 0 Å². The smallest absolute Gasteiger partial charge is 0.162 e. The van der Waals surface area contributed by atoms with Gasteiger partial charge in [0.1, 0.15) is 6.61 Å². The van der Waals surface area contributed by atoms with E-state index in [0.717, 1.165) is 22.5 Å². The topological polar surface area (TPSA) is 35.5 Å². The van der Waals surface area contributed by atoms with E-state index in [0.29, 0.717) is 23.7 Å². The minimum Gasteiger partial charge on any atom is -0.493 e. The van der Waals surface area contributed by atoms with Crippen molar-refractivity contribution < 1.29 is 14.3 Å². The lowest BCUT2D eigenvalue weighted by molar-refractivity contribution is 0.112. The zero-order valence-corrected chi connectivity index (χ0v) is 15.4. The molecule has 3 nitrogen and oxygen atoms in total. The van der Waals surface area contributed by atoms with Crippen LogP contribution < -0.4 is 9.47 Å². The summed E-state index contributed by atoms with van der Waals surface area (Å²) < 4.78 is 11.4. The monoisotopic (exact) mass is 364 g/mol. The number of aldehydes is 1. The van der Waals surface area contributed by atoms with Crippen LogP contribution in [0.4, 0.5) is 0 Å². The first-order valence-corrected chi connectivity index (χ1v) is 9.29. The predicted octanol–water partition coefficient (Wildman–Crippen LogP) is 5.38. The molecule has 3 aromatic rings. The molecule has 0 saturated heterocycles. The van der Waals surface area contributed by atoms with Gasteiger partial charge in [-0.2, -0.15) is 0 Å². The Morgan fingerprint density at radius 2 is 1.54 bits per heavy atom. The first-order chi connectivity index (χ1) is 12.8. The van der Waals surface area contributed by atoms with Crippen LogP contribution in [-0.4, -0.2) is 13.4 Å². The van der Waals surface area contributed by atoms with E-state index < -0.39 is 0 Å². The fraction of sp³-hybridized carbons (Fsp3) is 0.136. The van der Waals surface area contributed by atoms with Crippen LogP contribution in [-0.2, 0) is 12.4 Å². The van der Waals surface area contributed by atoms with Gasteiger partial charge in [-0.1, -0.05) is 60.7 Å². The summed E-state index contributed by atoms with van der Waals surface area (Å²) in [5.74, 6) is 1.99. The van der Waals surface area contributed by atoms with Gasteiger partial charge in [-0.05, 0) is 23.3 Å². The molecule has 4 heteroatoms. The van der Waals surface area contributed by atoms with Gasteiger partial charge in [0, 0.05) is 16.2 Å². The fourth-order valence-electron chi connectivity index (χ4n) is 2.52. The molecule has 132 valence electrons. The first-order valence-electron chi connectivity index (χ1n) is 8.31. The molecule has 0 atom stereocenters. The maximum atomic E-state index is 11.6. The van der Waals surface area contributed by atoms with E-state index in [2.05, 4.69) is 12.1 Å². The van der Waals surface area contributed by atoms with Crippen molar-refractivity contribution >= 4 is 18.0 Å². The summed E-state index contributed by atoms with van der Waals surface area (Å²) in [6, 6.07) is 23.7. The predicted molar refractivity (Wildman–Crippen MR) is 105 cm³/mol. The van der Waals surface area contributed by atoms with Crippen LogP contribution in [0.3, 0.4) is 0 Å². The summed E-state index contributed by atoms with van der Waals surface area (Å²) in [4.78, 5) is 12.4. The van der Waals surface area contributed by atoms with E-state index >= 15 is 0 Å². The maximum Gasteiger partial charge on any atom is 0.162 e. The average molecular weight is 364 g/mol. The van der Waals surface area contributed by atoms with Gasteiger partial charge < -0.3 is 9.47 Å². The van der Waals surface area contributed by atoms with Crippen molar-refractivity contribution in [1.29, 1.82) is 0 Å². The van der Waals surface area contributed by atoms with Crippen molar-refractivity contribution in [2.45, 2.75) is 17.3 Å². The Bertz CT molecular complexity index is 848. The molecule has 0 N–H and O–H groups in total. The highest BCUT2D eigenvalue weighted by molar-refractivity contribution is 7.98. The first kappa shape index (κ1) is 18.1. The molecule has 0 fully saturated rings. The number of carbonyl (C=O) groups excluding carboxylic acids is 1. The van der Waals surface area contributed by atoms with Crippen molar-refractivity contribution in [1.82, 2.24) is 0 Å². The largest absolute Gasteiger partial charge is 0.493 e. The standard InChI is InChI=1S/C22H20O3S/c1-24-20-13-22(26-16-18-10-6-3-7-11-18)19(14-23)12-21(20)25-15-17-8-4-2-5-9-17/h2-14H,15-16H2,1H3. The summed E-state index contributed by atoms with van der Waals surface area (Å²) in [6.07, 6.45) is 0.863. The van der Waals surface area contributed by atoms with Gasteiger partial charge in [-0.15, -0.1) is 11.8 Å². The molecule has 3 aromatic carbocycles. The number of hydrogen-bond acceptors (Lipinski definition) is 4. The summed E-state index contributed by atoms with van der Waals surface area (Å²) >= 11 is 1.61. The van der Waals surface area contributed by atoms with Crippen molar-refractivity contribution in [3.63, 3.8) is 0 Å². The van der Waals surface area contributed by atoms with E-state index in [4.69, 9.17) is 9.47 Å². The molecule has 0 radical (unpaired) electrons. The van der Waals surface area contributed by atoms with Crippen molar-refractivity contribution in [2.75, 3.05) is 7.11 Å². The molecule has 0 aliphatic carbocycles. The van der Waals surface area contributed by atoms with Crippen LogP contribution in [0.2, 0.25) is 0 Å². The Morgan fingerprint density at radius 1 is 0.885 bits per heavy atom. The van der Waals surface area contributed by atoms with Crippen molar-refractivity contribution in [3.8, 4) is 11.5 Å². The highest BCUT2D eigenvalue weighted by atomic mass is 32.2. The Hall–Kier alpha value is -2.72. The molecule has 0 saturated carbocycles. The Kier molecular flexibility index (Phi) is 6.34. The second-order valence-corrected chi connectivity index (χ2v) is 6.72. The number of ether oxygens (including phenoxy) is 2. The molecular formula is C22H20O3S. The quantitative estimate of drug-likeness (QED) is 0.397. The van der Waals surface area contributed by atoms with Crippen molar-refractivity contribution in [2.24, 2.45) is 0 Å². The van der Waals surface area contributed by atoms with E-state index in [9.17, 15) is 4.79 Å². The van der Waals surface area contributed by atoms with Crippen LogP contribution >= 0.6 is 11.8 Å². The molecule has 3 rings (SSSR count). The lowest BCUT2D eigenvalue weighted by Gasteiger charge is -2.14. The highest BCUT2D eigenvalue weighted by Gasteiger charge is 2.12. The minimum atomic E-state index is 0.423. The number of carbonyl (C=O) groups is 1. The third-order valence-corrected chi connectivity index (χ3v) is 5.04. The van der Waals surface area contributed by atoms with Gasteiger partial charge >= 0.3 is 0 Å². The number of rotatable bonds is 8. The third kappa shape index (κ3) is 4.67. The molecule has 0 bridgehead atoms. The number of methoxy groups -OCH3 is 1. The van der Waals surface area contributed by atoms with Crippen LogP contribution in [0.1, 0.15) is 21.5 Å². The lowest BCUT2D eigenvalue weighted by atomic mass is 10.2. The van der Waals surface area contributed by atoms with Crippen LogP contribution in [0.15, 0.2) is 77.7 Å². The molecule has 0 unspecified atom stereocenters. The zero-order valence-electron chi connectivity index (χ0n) is 14.6. The molecule has 26 heavy (non-hydrogen) atoms. The zero-order chi connectivity index (χ0) is 18.2. The summed E-state index contributed by atoms with van der Waals surface area (Å²) in [6.45, 7) is 0.423. The van der Waals surface area contributed by atoms with Crippen molar-refractivity contribution in [3.05, 3.63) is 89.5 Å². The number of thioether (sulfide) groups is 1. The van der Waals surface area contributed by atoms with E-state index in [1.165, 1.54) is 5.56 Å². The lowest BCUT2D eigenvalue weighted by Crippen LogP contribution is -1.99. The normalized spacial score (nSPS) is 10.3. The number of benzene rings is 3. The Labute approximate surface area is 158 Å². The van der Waals surface area contributed by atoms with Crippen LogP contribution in [0.25, 0.3) is 0 Å². The molecule has 0 aromatic heterocycles. The Morgan fingerprint density at radius 3 is 2.15 bits per heavy atom. The summed E-state index contributed by atoms with van der Waals surface area (Å²) in [7, 11) is 1.61. The van der Waals surface area contributed by atoms with E-state index in [1.54, 1.807) is 24.9 Å². The Balaban J connectivity index is 1.77. The van der Waals surface area contributed by atoms with Gasteiger partial charge in [0.05, 0.1) is 7.11 Å². The molecule has 0 heterocycles. The van der Waals surface area contributed by atoms with Gasteiger partial charge in [0.2, 0.25) is 0 Å². The van der Waals surface area contributed by atoms with Crippen LogP contribution in [0.5, 0.6) is 11.5 Å². The third-order valence-electron chi connectivity index (χ3n) is 3.90. The summed E-state index contributed by atoms with van der Waals surface area (Å²) in [5, 5.41) is 0. The SMILES string of the molecule is COc1cc(SCc2ccccc2)c(C=O)cc1OCc1ccccc1. The van der Waals surface area contributed by atoms with E-state index in [-0.39, 0.29) is 0 Å². The molecule has 0 spiro atoms. The fourth-order valence-corrected chi connectivity index (χ4v) is 3.50. The average Bonchev–Trinajstić information content (AvgIpc) is 2.72. The molecule has 0 aliphatic rings. The van der Waals surface area contributed by atoms with Crippen LogP contribution in [0, 0.1) is 0 Å². The molecular weight excluding hydrogens is 344 g/mol. The second-order valence-electron chi connectivity index (χ2n) is 5.71. The number of hydrogen-bond donors (Lipinski definition) is 0.